The molecule has 7 heteroatoms. The number of urea groups is 1. The molecule has 1 rings (SSSR count). The third-order valence-electron chi connectivity index (χ3n) is 5.60. The first kappa shape index (κ1) is 24.4. The zero-order valence-electron chi connectivity index (χ0n) is 17.8. The molecule has 0 spiro atoms. The van der Waals surface area contributed by atoms with Crippen molar-refractivity contribution in [3.63, 3.8) is 0 Å². The van der Waals surface area contributed by atoms with Crippen molar-refractivity contribution in [3.05, 3.63) is 0 Å². The summed E-state index contributed by atoms with van der Waals surface area (Å²) in [5.41, 5.74) is -0.834. The molecule has 0 radical (unpaired) electrons. The number of hydrogen-bond donors (Lipinski definition) is 2. The molecule has 1 aliphatic rings. The maximum Gasteiger partial charge on any atom is 0.327 e. The molecule has 28 heavy (non-hydrogen) atoms. The van der Waals surface area contributed by atoms with Crippen molar-refractivity contribution >= 4 is 17.9 Å². The lowest BCUT2D eigenvalue weighted by molar-refractivity contribution is -0.137. The fraction of sp³-hybridized carbons (Fsp3) is 0.857. The first-order valence-electron chi connectivity index (χ1n) is 10.7. The molecule has 0 aromatic heterocycles. The quantitative estimate of drug-likeness (QED) is 0.323. The molecule has 162 valence electrons. The van der Waals surface area contributed by atoms with Crippen molar-refractivity contribution in [1.29, 1.82) is 0 Å². The summed E-state index contributed by atoms with van der Waals surface area (Å²) in [7, 11) is 1.51. The zero-order valence-corrected chi connectivity index (χ0v) is 17.8. The topological polar surface area (TPSA) is 98.2 Å². The average Bonchev–Trinajstić information content (AvgIpc) is 2.83. The number of rotatable bonds is 15. The molecular formula is C21H38N2O5. The Balaban J connectivity index is 2.48. The summed E-state index contributed by atoms with van der Waals surface area (Å²) in [5.74, 6) is -0.968. The van der Waals surface area contributed by atoms with Crippen LogP contribution in [0.25, 0.3) is 0 Å². The third kappa shape index (κ3) is 8.17. The Hall–Kier alpha value is -1.63. The lowest BCUT2D eigenvalue weighted by Gasteiger charge is -2.28. The van der Waals surface area contributed by atoms with Crippen LogP contribution in [0.5, 0.6) is 0 Å². The van der Waals surface area contributed by atoms with E-state index in [1.165, 1.54) is 11.9 Å². The molecule has 2 atom stereocenters. The van der Waals surface area contributed by atoms with E-state index in [0.29, 0.717) is 32.2 Å². The van der Waals surface area contributed by atoms with Gasteiger partial charge < -0.3 is 15.1 Å². The van der Waals surface area contributed by atoms with Crippen LogP contribution in [0.1, 0.15) is 90.9 Å². The van der Waals surface area contributed by atoms with E-state index in [0.717, 1.165) is 44.9 Å². The van der Waals surface area contributed by atoms with Crippen molar-refractivity contribution in [3.8, 4) is 0 Å². The highest BCUT2D eigenvalue weighted by atomic mass is 16.4. The van der Waals surface area contributed by atoms with E-state index in [1.54, 1.807) is 4.90 Å². The van der Waals surface area contributed by atoms with Crippen LogP contribution in [0.4, 0.5) is 4.79 Å². The molecule has 0 aliphatic carbocycles. The first-order chi connectivity index (χ1) is 13.2. The van der Waals surface area contributed by atoms with Gasteiger partial charge in [0, 0.05) is 20.0 Å². The highest BCUT2D eigenvalue weighted by Gasteiger charge is 2.42. The van der Waals surface area contributed by atoms with Gasteiger partial charge >= 0.3 is 12.0 Å². The number of aliphatic hydroxyl groups is 1. The Morgan fingerprint density at radius 3 is 2.32 bits per heavy atom. The average molecular weight is 399 g/mol. The number of carbonyl (C=O) groups excluding carboxylic acids is 2. The maximum absolute atomic E-state index is 12.4. The number of nitrogens with zero attached hydrogens (tertiary/aromatic N) is 2. The first-order valence-corrected chi connectivity index (χ1v) is 10.7. The van der Waals surface area contributed by atoms with E-state index < -0.39 is 17.6 Å². The number of imide groups is 1. The number of carbonyl (C=O) groups is 3. The molecule has 2 N–H and O–H groups in total. The molecule has 0 aromatic carbocycles. The molecule has 1 heterocycles. The highest BCUT2D eigenvalue weighted by Crippen LogP contribution is 2.25. The van der Waals surface area contributed by atoms with Crippen LogP contribution in [0.3, 0.4) is 0 Å². The van der Waals surface area contributed by atoms with Crippen molar-refractivity contribution in [1.82, 2.24) is 9.80 Å². The largest absolute Gasteiger partial charge is 0.481 e. The van der Waals surface area contributed by atoms with Crippen molar-refractivity contribution in [2.75, 3.05) is 13.6 Å². The number of amides is 3. The van der Waals surface area contributed by atoms with Crippen LogP contribution in [0.15, 0.2) is 0 Å². The van der Waals surface area contributed by atoms with Gasteiger partial charge in [0.25, 0.3) is 5.91 Å². The van der Waals surface area contributed by atoms with E-state index in [1.807, 2.05) is 6.92 Å². The summed E-state index contributed by atoms with van der Waals surface area (Å²) in [6.07, 6.45) is 9.36. The van der Waals surface area contributed by atoms with E-state index in [4.69, 9.17) is 5.11 Å². The van der Waals surface area contributed by atoms with E-state index >= 15 is 0 Å². The number of unbranched alkanes of at least 4 members (excludes halogenated alkanes) is 6. The Kier molecular flexibility index (Phi) is 10.5. The van der Waals surface area contributed by atoms with Gasteiger partial charge in [-0.15, -0.1) is 0 Å². The number of carboxylic acids is 1. The maximum atomic E-state index is 12.4. The minimum atomic E-state index is -0.834. The molecule has 1 fully saturated rings. The number of likely N-dealkylation sites (N-methyl/N-ethyl adjacent to an activating group) is 1. The predicted molar refractivity (Wildman–Crippen MR) is 108 cm³/mol. The van der Waals surface area contributed by atoms with Crippen LogP contribution in [-0.2, 0) is 9.59 Å². The van der Waals surface area contributed by atoms with Gasteiger partial charge in [0.1, 0.15) is 6.04 Å². The molecule has 1 saturated heterocycles. The standard InChI is InChI=1S/C21H38N2O5/c1-4-5-6-11-14-21(2,28)15-16-23-17(19(26)22(3)20(23)27)12-9-7-8-10-13-18(24)25/h17,28H,4-16H2,1-3H3,(H,24,25). The lowest BCUT2D eigenvalue weighted by atomic mass is 9.94. The summed E-state index contributed by atoms with van der Waals surface area (Å²) in [5, 5.41) is 19.3. The molecular weight excluding hydrogens is 360 g/mol. The zero-order chi connectivity index (χ0) is 21.2. The van der Waals surface area contributed by atoms with Crippen LogP contribution in [-0.4, -0.2) is 63.2 Å². The number of hydrogen-bond acceptors (Lipinski definition) is 4. The van der Waals surface area contributed by atoms with Crippen LogP contribution in [0, 0.1) is 0 Å². The van der Waals surface area contributed by atoms with Crippen LogP contribution in [0.2, 0.25) is 0 Å². The minimum absolute atomic E-state index is 0.170. The predicted octanol–water partition coefficient (Wildman–Crippen LogP) is 3.79. The fourth-order valence-corrected chi connectivity index (χ4v) is 3.69. The second-order valence-corrected chi connectivity index (χ2v) is 8.29. The molecule has 2 unspecified atom stereocenters. The van der Waals surface area contributed by atoms with Gasteiger partial charge in [-0.05, 0) is 32.6 Å². The van der Waals surface area contributed by atoms with E-state index in [9.17, 15) is 19.5 Å². The molecule has 3 amide bonds. The molecule has 1 aliphatic heterocycles. The number of aliphatic carboxylic acids is 1. The highest BCUT2D eigenvalue weighted by molar-refractivity contribution is 6.03. The van der Waals surface area contributed by atoms with Gasteiger partial charge in [-0.25, -0.2) is 4.79 Å². The van der Waals surface area contributed by atoms with Crippen molar-refractivity contribution < 1.29 is 24.6 Å². The van der Waals surface area contributed by atoms with Gasteiger partial charge in [-0.2, -0.15) is 0 Å². The normalized spacial score (nSPS) is 19.4. The minimum Gasteiger partial charge on any atom is -0.481 e. The summed E-state index contributed by atoms with van der Waals surface area (Å²) in [4.78, 5) is 38.2. The van der Waals surface area contributed by atoms with Gasteiger partial charge in [-0.3, -0.25) is 14.5 Å². The Labute approximate surface area is 169 Å². The van der Waals surface area contributed by atoms with Crippen LogP contribution < -0.4 is 0 Å². The van der Waals surface area contributed by atoms with Gasteiger partial charge in [0.15, 0.2) is 0 Å². The van der Waals surface area contributed by atoms with Gasteiger partial charge in [0.05, 0.1) is 5.60 Å². The Bertz CT molecular complexity index is 521. The van der Waals surface area contributed by atoms with E-state index in [2.05, 4.69) is 6.92 Å². The molecule has 7 nitrogen and oxygen atoms in total. The van der Waals surface area contributed by atoms with Crippen molar-refractivity contribution in [2.45, 2.75) is 103 Å². The van der Waals surface area contributed by atoms with Gasteiger partial charge in [-0.1, -0.05) is 51.9 Å². The van der Waals surface area contributed by atoms with Crippen LogP contribution >= 0.6 is 0 Å². The summed E-state index contributed by atoms with van der Waals surface area (Å²) < 4.78 is 0. The smallest absolute Gasteiger partial charge is 0.327 e. The number of carboxylic acid groups (broad SMARTS) is 1. The Morgan fingerprint density at radius 1 is 1.04 bits per heavy atom. The summed E-state index contributed by atoms with van der Waals surface area (Å²) in [6, 6.07) is -0.754. The lowest BCUT2D eigenvalue weighted by Crippen LogP contribution is -2.39. The van der Waals surface area contributed by atoms with Gasteiger partial charge in [0.2, 0.25) is 0 Å². The SMILES string of the molecule is CCCCCCC(C)(O)CCN1C(=O)N(C)C(=O)C1CCCCCCC(=O)O. The molecule has 0 saturated carbocycles. The third-order valence-corrected chi connectivity index (χ3v) is 5.60. The summed E-state index contributed by atoms with van der Waals surface area (Å²) in [6.45, 7) is 4.33. The Morgan fingerprint density at radius 2 is 1.68 bits per heavy atom. The second-order valence-electron chi connectivity index (χ2n) is 8.29. The summed E-state index contributed by atoms with van der Waals surface area (Å²) >= 11 is 0. The monoisotopic (exact) mass is 398 g/mol. The second kappa shape index (κ2) is 12.0. The van der Waals surface area contributed by atoms with Crippen molar-refractivity contribution in [2.24, 2.45) is 0 Å². The fourth-order valence-electron chi connectivity index (χ4n) is 3.69. The van der Waals surface area contributed by atoms with E-state index in [-0.39, 0.29) is 18.4 Å². The molecule has 0 aromatic rings. The molecule has 0 bridgehead atoms.